The number of hydrazine groups is 1. The highest BCUT2D eigenvalue weighted by Crippen LogP contribution is 2.65. The first-order valence-corrected chi connectivity index (χ1v) is 18.5. The molecule has 3 N–H and O–H groups in total. The summed E-state index contributed by atoms with van der Waals surface area (Å²) in [6.07, 6.45) is 2.91. The maximum absolute atomic E-state index is 15.4. The standard InChI is InChI=1S/C45H39N3O6/c1-26-11-16-30(17-12-26)46-48-42(52)37-25-36-33(21-22-34-38(36)43(53)47(41(34)51)24-23-27-13-18-31(49)19-14-27)39(45(37,44(48)54)29-8-3-2-4-9-29)35-20-15-28-7-5-6-10-32(28)40(35)50/h2-21,34,36-39,46,49-50H,22-25H2,1H3. The zero-order valence-electron chi connectivity index (χ0n) is 29.7. The molecule has 5 aromatic rings. The molecule has 5 aromatic carbocycles. The van der Waals surface area contributed by atoms with Gasteiger partial charge in [-0.3, -0.25) is 29.5 Å². The Kier molecular flexibility index (Phi) is 7.92. The molecule has 54 heavy (non-hydrogen) atoms. The number of phenols is 2. The number of phenolic OH excluding ortho intramolecular Hbond substituents is 2. The number of nitrogens with one attached hydrogen (secondary N) is 1. The van der Waals surface area contributed by atoms with Crippen LogP contribution < -0.4 is 5.43 Å². The molecular formula is C45H39N3O6. The Bertz CT molecular complexity index is 2370. The first-order valence-electron chi connectivity index (χ1n) is 18.5. The Morgan fingerprint density at radius 2 is 1.48 bits per heavy atom. The molecule has 9 nitrogen and oxygen atoms in total. The Morgan fingerprint density at radius 3 is 2.24 bits per heavy atom. The third-order valence-electron chi connectivity index (χ3n) is 12.3. The fourth-order valence-electron chi connectivity index (χ4n) is 9.79. The number of allylic oxidation sites excluding steroid dienone is 2. The maximum Gasteiger partial charge on any atom is 0.260 e. The van der Waals surface area contributed by atoms with Crippen LogP contribution >= 0.6 is 0 Å². The predicted octanol–water partition coefficient (Wildman–Crippen LogP) is 6.79. The van der Waals surface area contributed by atoms with Crippen molar-refractivity contribution in [2.75, 3.05) is 12.0 Å². The topological polar surface area (TPSA) is 127 Å². The van der Waals surface area contributed by atoms with Gasteiger partial charge in [0.1, 0.15) is 11.5 Å². The van der Waals surface area contributed by atoms with Crippen molar-refractivity contribution in [3.05, 3.63) is 149 Å². The molecule has 9 rings (SSSR count). The minimum Gasteiger partial charge on any atom is -0.508 e. The quantitative estimate of drug-likeness (QED) is 0.125. The van der Waals surface area contributed by atoms with Crippen molar-refractivity contribution in [2.24, 2.45) is 23.7 Å². The second kappa shape index (κ2) is 12.7. The third kappa shape index (κ3) is 4.98. The molecule has 4 aliphatic rings. The summed E-state index contributed by atoms with van der Waals surface area (Å²) in [4.78, 5) is 60.2. The molecule has 6 unspecified atom stereocenters. The van der Waals surface area contributed by atoms with Crippen LogP contribution in [-0.2, 0) is 31.0 Å². The predicted molar refractivity (Wildman–Crippen MR) is 203 cm³/mol. The van der Waals surface area contributed by atoms with Crippen LogP contribution in [0.2, 0.25) is 0 Å². The lowest BCUT2D eigenvalue weighted by Crippen LogP contribution is -2.53. The van der Waals surface area contributed by atoms with Gasteiger partial charge in [-0.1, -0.05) is 108 Å². The van der Waals surface area contributed by atoms with Crippen molar-refractivity contribution in [2.45, 2.75) is 37.5 Å². The average molecular weight is 718 g/mol. The fourth-order valence-corrected chi connectivity index (χ4v) is 9.79. The number of hydrogen-bond acceptors (Lipinski definition) is 7. The van der Waals surface area contributed by atoms with Gasteiger partial charge in [0.25, 0.3) is 11.8 Å². The van der Waals surface area contributed by atoms with Gasteiger partial charge in [-0.15, -0.1) is 0 Å². The third-order valence-corrected chi connectivity index (χ3v) is 12.3. The van der Waals surface area contributed by atoms with Gasteiger partial charge in [0.15, 0.2) is 0 Å². The van der Waals surface area contributed by atoms with Crippen LogP contribution in [0.15, 0.2) is 127 Å². The van der Waals surface area contributed by atoms with E-state index in [2.05, 4.69) is 5.43 Å². The molecule has 3 fully saturated rings. The van der Waals surface area contributed by atoms with Crippen molar-refractivity contribution in [1.82, 2.24) is 9.91 Å². The lowest BCUT2D eigenvalue weighted by Gasteiger charge is -2.50. The maximum atomic E-state index is 15.4. The largest absolute Gasteiger partial charge is 0.508 e. The number of likely N-dealkylation sites (tertiary alicyclic amines) is 1. The van der Waals surface area contributed by atoms with Gasteiger partial charge in [0.2, 0.25) is 11.8 Å². The number of anilines is 1. The first kappa shape index (κ1) is 33.6. The molecule has 4 amide bonds. The van der Waals surface area contributed by atoms with E-state index < -0.39 is 46.8 Å². The summed E-state index contributed by atoms with van der Waals surface area (Å²) in [6.45, 7) is 2.15. The number of fused-ring (bicyclic) bond motifs is 5. The second-order valence-corrected chi connectivity index (χ2v) is 15.1. The van der Waals surface area contributed by atoms with Crippen LogP contribution in [-0.4, -0.2) is 50.3 Å². The van der Waals surface area contributed by atoms with E-state index in [9.17, 15) is 24.6 Å². The molecule has 1 saturated carbocycles. The number of nitrogens with zero attached hydrogens (tertiary/aromatic N) is 2. The van der Waals surface area contributed by atoms with Gasteiger partial charge in [0, 0.05) is 23.4 Å². The summed E-state index contributed by atoms with van der Waals surface area (Å²) in [6, 6.07) is 34.8. The average Bonchev–Trinajstić information content (AvgIpc) is 3.56. The van der Waals surface area contributed by atoms with Gasteiger partial charge in [-0.05, 0) is 72.9 Å². The van der Waals surface area contributed by atoms with E-state index in [1.165, 1.54) is 4.90 Å². The van der Waals surface area contributed by atoms with E-state index in [4.69, 9.17) is 0 Å². The number of hydrogen-bond donors (Lipinski definition) is 3. The number of aryl methyl sites for hydroxylation is 1. The molecule has 2 saturated heterocycles. The summed E-state index contributed by atoms with van der Waals surface area (Å²) in [7, 11) is 0. The van der Waals surface area contributed by atoms with Crippen LogP contribution in [0.1, 0.15) is 41.0 Å². The summed E-state index contributed by atoms with van der Waals surface area (Å²) >= 11 is 0. The monoisotopic (exact) mass is 717 g/mol. The molecule has 6 atom stereocenters. The minimum absolute atomic E-state index is 0.0189. The smallest absolute Gasteiger partial charge is 0.260 e. The van der Waals surface area contributed by atoms with Gasteiger partial charge in [0.05, 0.1) is 28.9 Å². The van der Waals surface area contributed by atoms with Gasteiger partial charge in [-0.25, -0.2) is 0 Å². The number of benzene rings is 5. The van der Waals surface area contributed by atoms with Crippen LogP contribution in [0.3, 0.4) is 0 Å². The van der Waals surface area contributed by atoms with Crippen molar-refractivity contribution in [3.63, 3.8) is 0 Å². The van der Waals surface area contributed by atoms with Crippen molar-refractivity contribution >= 4 is 40.1 Å². The normalized spacial score (nSPS) is 26.1. The molecule has 0 bridgehead atoms. The van der Waals surface area contributed by atoms with Crippen molar-refractivity contribution in [3.8, 4) is 11.5 Å². The van der Waals surface area contributed by atoms with E-state index in [0.29, 0.717) is 35.0 Å². The number of rotatable bonds is 7. The Labute approximate surface area is 312 Å². The molecule has 0 radical (unpaired) electrons. The van der Waals surface area contributed by atoms with Crippen LogP contribution in [0.25, 0.3) is 10.8 Å². The molecule has 270 valence electrons. The molecule has 2 heterocycles. The van der Waals surface area contributed by atoms with Crippen LogP contribution in [0.4, 0.5) is 5.69 Å². The highest BCUT2D eigenvalue weighted by Gasteiger charge is 2.70. The zero-order chi connectivity index (χ0) is 37.3. The van der Waals surface area contributed by atoms with E-state index in [1.807, 2.05) is 104 Å². The lowest BCUT2D eigenvalue weighted by molar-refractivity contribution is -0.141. The molecule has 9 heteroatoms. The summed E-state index contributed by atoms with van der Waals surface area (Å²) in [5.74, 6) is -4.82. The van der Waals surface area contributed by atoms with E-state index >= 15 is 4.79 Å². The van der Waals surface area contributed by atoms with E-state index in [0.717, 1.165) is 27.1 Å². The highest BCUT2D eigenvalue weighted by atomic mass is 16.3. The molecule has 0 aromatic heterocycles. The molecule has 0 spiro atoms. The Morgan fingerprint density at radius 1 is 0.759 bits per heavy atom. The summed E-state index contributed by atoms with van der Waals surface area (Å²) in [5, 5.41) is 24.5. The minimum atomic E-state index is -1.48. The number of imide groups is 2. The SMILES string of the molecule is Cc1ccc(NN2C(=O)C3CC4C(=CCC5C(=O)N(CCc6ccc(O)cc6)C(=O)C54)C(c4ccc5ccccc5c4O)C3(c3ccccc3)C2=O)cc1. The molecule has 2 aliphatic carbocycles. The summed E-state index contributed by atoms with van der Waals surface area (Å²) < 4.78 is 0. The summed E-state index contributed by atoms with van der Waals surface area (Å²) in [5.41, 5.74) is 6.07. The zero-order valence-corrected chi connectivity index (χ0v) is 29.7. The lowest BCUT2D eigenvalue weighted by atomic mass is 9.49. The molecular weight excluding hydrogens is 679 g/mol. The van der Waals surface area contributed by atoms with Gasteiger partial charge in [-0.2, -0.15) is 5.01 Å². The van der Waals surface area contributed by atoms with Gasteiger partial charge >= 0.3 is 0 Å². The van der Waals surface area contributed by atoms with Crippen LogP contribution in [0, 0.1) is 30.6 Å². The Balaban J connectivity index is 1.20. The van der Waals surface area contributed by atoms with Crippen molar-refractivity contribution in [1.29, 1.82) is 0 Å². The Hall–Kier alpha value is -6.22. The number of carbonyl (C=O) groups is 4. The fraction of sp³-hybridized carbons (Fsp3) is 0.244. The van der Waals surface area contributed by atoms with Crippen molar-refractivity contribution < 1.29 is 29.4 Å². The van der Waals surface area contributed by atoms with Crippen LogP contribution in [0.5, 0.6) is 11.5 Å². The first-order chi connectivity index (χ1) is 26.2. The number of carbonyl (C=O) groups excluding carboxylic acids is 4. The highest BCUT2D eigenvalue weighted by molar-refractivity contribution is 6.13. The van der Waals surface area contributed by atoms with E-state index in [1.54, 1.807) is 24.3 Å². The van der Waals surface area contributed by atoms with E-state index in [-0.39, 0.29) is 36.3 Å². The number of amides is 4. The second-order valence-electron chi connectivity index (χ2n) is 15.1. The number of aromatic hydroxyl groups is 2. The molecule has 2 aliphatic heterocycles. The van der Waals surface area contributed by atoms with Gasteiger partial charge < -0.3 is 10.2 Å².